The van der Waals surface area contributed by atoms with E-state index in [-0.39, 0.29) is 17.5 Å². The summed E-state index contributed by atoms with van der Waals surface area (Å²) in [5, 5.41) is 1.89. The second-order valence-corrected chi connectivity index (χ2v) is 10.0. The van der Waals surface area contributed by atoms with Crippen molar-refractivity contribution in [2.24, 2.45) is 0 Å². The molecular weight excluding hydrogens is 436 g/mol. The number of hydrogen-bond donors (Lipinski definition) is 1. The van der Waals surface area contributed by atoms with Crippen molar-refractivity contribution in [3.05, 3.63) is 96.4 Å². The molecule has 7 heteroatoms. The molecule has 1 N–H and O–H groups in total. The van der Waals surface area contributed by atoms with E-state index in [0.29, 0.717) is 5.75 Å². The van der Waals surface area contributed by atoms with Crippen LogP contribution in [0.5, 0.6) is 5.75 Å². The first kappa shape index (κ1) is 23.0. The van der Waals surface area contributed by atoms with E-state index in [1.54, 1.807) is 24.7 Å². The molecule has 0 aliphatic heterocycles. The number of ether oxygens (including phenoxy) is 1. The minimum absolute atomic E-state index is 0.166. The molecule has 1 heterocycles. The van der Waals surface area contributed by atoms with Gasteiger partial charge in [0.1, 0.15) is 11.9 Å². The number of nitrogens with zero attached hydrogens (tertiary/aromatic N) is 1. The average molecular weight is 465 g/mol. The van der Waals surface area contributed by atoms with Crippen LogP contribution in [0.1, 0.15) is 18.1 Å². The van der Waals surface area contributed by atoms with Crippen LogP contribution < -0.4 is 9.46 Å². The fourth-order valence-corrected chi connectivity index (χ4v) is 4.85. The number of nitrogens with one attached hydrogen (secondary N) is 1. The highest BCUT2D eigenvalue weighted by molar-refractivity contribution is 7.89. The van der Waals surface area contributed by atoms with Crippen molar-refractivity contribution < 1.29 is 17.6 Å². The summed E-state index contributed by atoms with van der Waals surface area (Å²) in [5.41, 5.74) is 2.24. The Kier molecular flexibility index (Phi) is 7.13. The maximum absolute atomic E-state index is 12.8. The summed E-state index contributed by atoms with van der Waals surface area (Å²) in [7, 11) is -1.59. The summed E-state index contributed by atoms with van der Waals surface area (Å²) in [5.74, 6) is 0.710. The molecule has 4 rings (SSSR count). The second kappa shape index (κ2) is 10.2. The van der Waals surface area contributed by atoms with Gasteiger partial charge in [0.15, 0.2) is 0 Å². The Labute approximate surface area is 194 Å². The van der Waals surface area contributed by atoms with Gasteiger partial charge in [-0.3, -0.25) is 4.90 Å². The van der Waals surface area contributed by atoms with E-state index in [2.05, 4.69) is 9.62 Å². The summed E-state index contributed by atoms with van der Waals surface area (Å²) in [6.07, 6.45) is 3.09. The predicted molar refractivity (Wildman–Crippen MR) is 130 cm³/mol. The summed E-state index contributed by atoms with van der Waals surface area (Å²) in [4.78, 5) is 2.43. The van der Waals surface area contributed by atoms with Gasteiger partial charge in [0, 0.05) is 25.2 Å². The molecule has 33 heavy (non-hydrogen) atoms. The molecule has 1 atom stereocenters. The van der Waals surface area contributed by atoms with E-state index < -0.39 is 10.0 Å². The summed E-state index contributed by atoms with van der Waals surface area (Å²) >= 11 is 0. The summed E-state index contributed by atoms with van der Waals surface area (Å²) in [6, 6.07) is 22.6. The Morgan fingerprint density at radius 3 is 2.52 bits per heavy atom. The lowest BCUT2D eigenvalue weighted by Gasteiger charge is -2.18. The van der Waals surface area contributed by atoms with Crippen LogP contribution in [0.15, 0.2) is 94.6 Å². The van der Waals surface area contributed by atoms with Gasteiger partial charge in [-0.1, -0.05) is 42.5 Å². The van der Waals surface area contributed by atoms with Gasteiger partial charge < -0.3 is 9.15 Å². The van der Waals surface area contributed by atoms with Gasteiger partial charge in [0.2, 0.25) is 10.0 Å². The van der Waals surface area contributed by atoms with Crippen molar-refractivity contribution in [1.29, 1.82) is 0 Å². The van der Waals surface area contributed by atoms with Crippen LogP contribution in [0.25, 0.3) is 10.8 Å². The zero-order valence-corrected chi connectivity index (χ0v) is 19.6. The summed E-state index contributed by atoms with van der Waals surface area (Å²) < 4.78 is 39.3. The van der Waals surface area contributed by atoms with Crippen LogP contribution in [-0.2, 0) is 23.1 Å². The van der Waals surface area contributed by atoms with Gasteiger partial charge in [-0.05, 0) is 60.6 Å². The van der Waals surface area contributed by atoms with Crippen molar-refractivity contribution in [3.8, 4) is 5.75 Å². The Balaban J connectivity index is 1.33. The van der Waals surface area contributed by atoms with Gasteiger partial charge in [0.25, 0.3) is 0 Å². The molecule has 0 saturated heterocycles. The molecule has 0 radical (unpaired) electrons. The van der Waals surface area contributed by atoms with Crippen LogP contribution in [0, 0.1) is 0 Å². The van der Waals surface area contributed by atoms with Crippen LogP contribution in [0.4, 0.5) is 0 Å². The zero-order chi connectivity index (χ0) is 23.3. The smallest absolute Gasteiger partial charge is 0.240 e. The van der Waals surface area contributed by atoms with E-state index in [9.17, 15) is 8.42 Å². The number of fused-ring (bicyclic) bond motifs is 1. The van der Waals surface area contributed by atoms with E-state index in [0.717, 1.165) is 35.0 Å². The number of benzene rings is 3. The Hall–Kier alpha value is -3.13. The molecule has 0 amide bonds. The van der Waals surface area contributed by atoms with Gasteiger partial charge in [-0.25, -0.2) is 13.1 Å². The van der Waals surface area contributed by atoms with Crippen LogP contribution in [0.3, 0.4) is 0 Å². The monoisotopic (exact) mass is 464 g/mol. The number of rotatable bonds is 10. The highest BCUT2D eigenvalue weighted by Gasteiger charge is 2.16. The van der Waals surface area contributed by atoms with Crippen LogP contribution in [-0.4, -0.2) is 33.0 Å². The van der Waals surface area contributed by atoms with E-state index in [4.69, 9.17) is 9.15 Å². The standard InChI is InChI=1S/C26H28N2O4S/c1-20(16-27-33(29,30)26-11-10-23-7-3-4-8-24(23)15-26)32-25-9-5-6-21(14-25)17-28(2)18-22-12-13-31-19-22/h3-15,19-20,27H,16-18H2,1-2H3/t20-/m1/s1. The van der Waals surface area contributed by atoms with Gasteiger partial charge in [-0.15, -0.1) is 0 Å². The minimum Gasteiger partial charge on any atom is -0.489 e. The topological polar surface area (TPSA) is 71.8 Å². The zero-order valence-electron chi connectivity index (χ0n) is 18.8. The Morgan fingerprint density at radius 2 is 1.73 bits per heavy atom. The molecule has 0 aliphatic rings. The lowest BCUT2D eigenvalue weighted by Crippen LogP contribution is -2.33. The van der Waals surface area contributed by atoms with Crippen molar-refractivity contribution in [2.75, 3.05) is 13.6 Å². The Morgan fingerprint density at radius 1 is 0.939 bits per heavy atom. The fraction of sp³-hybridized carbons (Fsp3) is 0.231. The molecule has 0 saturated carbocycles. The SMILES string of the molecule is C[C@H](CNS(=O)(=O)c1ccc2ccccc2c1)Oc1cccc(CN(C)Cc2ccoc2)c1. The van der Waals surface area contributed by atoms with Crippen molar-refractivity contribution in [2.45, 2.75) is 31.0 Å². The maximum atomic E-state index is 12.8. The van der Waals surface area contributed by atoms with E-state index in [1.807, 2.05) is 74.6 Å². The highest BCUT2D eigenvalue weighted by atomic mass is 32.2. The van der Waals surface area contributed by atoms with Crippen molar-refractivity contribution in [3.63, 3.8) is 0 Å². The predicted octanol–water partition coefficient (Wildman–Crippen LogP) is 4.81. The first-order valence-electron chi connectivity index (χ1n) is 10.8. The molecular formula is C26H28N2O4S. The quantitative estimate of drug-likeness (QED) is 0.365. The van der Waals surface area contributed by atoms with E-state index >= 15 is 0 Å². The molecule has 0 fully saturated rings. The third-order valence-electron chi connectivity index (χ3n) is 5.31. The van der Waals surface area contributed by atoms with Gasteiger partial charge >= 0.3 is 0 Å². The molecule has 0 aliphatic carbocycles. The molecule has 4 aromatic rings. The maximum Gasteiger partial charge on any atom is 0.240 e. The third-order valence-corrected chi connectivity index (χ3v) is 6.73. The fourth-order valence-electron chi connectivity index (χ4n) is 3.70. The summed E-state index contributed by atoms with van der Waals surface area (Å²) in [6.45, 7) is 3.56. The number of furan rings is 1. The average Bonchev–Trinajstić information content (AvgIpc) is 3.30. The van der Waals surface area contributed by atoms with Crippen LogP contribution in [0.2, 0.25) is 0 Å². The largest absolute Gasteiger partial charge is 0.489 e. The normalized spacial score (nSPS) is 12.8. The third kappa shape index (κ3) is 6.22. The molecule has 1 aromatic heterocycles. The first-order chi connectivity index (χ1) is 15.9. The van der Waals surface area contributed by atoms with Gasteiger partial charge in [0.05, 0.1) is 17.4 Å². The molecule has 0 spiro atoms. The second-order valence-electron chi connectivity index (χ2n) is 8.24. The van der Waals surface area contributed by atoms with Gasteiger partial charge in [-0.2, -0.15) is 0 Å². The number of hydrogen-bond acceptors (Lipinski definition) is 5. The molecule has 0 unspecified atom stereocenters. The molecule has 0 bridgehead atoms. The minimum atomic E-state index is -3.63. The van der Waals surface area contributed by atoms with Crippen molar-refractivity contribution >= 4 is 20.8 Å². The molecule has 172 valence electrons. The molecule has 6 nitrogen and oxygen atoms in total. The lowest BCUT2D eigenvalue weighted by molar-refractivity contribution is 0.224. The van der Waals surface area contributed by atoms with Crippen LogP contribution >= 0.6 is 0 Å². The lowest BCUT2D eigenvalue weighted by atomic mass is 10.1. The van der Waals surface area contributed by atoms with Crippen molar-refractivity contribution in [1.82, 2.24) is 9.62 Å². The number of sulfonamides is 1. The van der Waals surface area contributed by atoms with E-state index in [1.165, 1.54) is 0 Å². The molecule has 3 aromatic carbocycles. The first-order valence-corrected chi connectivity index (χ1v) is 12.3. The Bertz CT molecular complexity index is 1300. The highest BCUT2D eigenvalue weighted by Crippen LogP contribution is 2.20.